The molecular weight excluding hydrogens is 176 g/mol. The molecule has 1 aromatic heterocycles. The molecule has 1 N–H and O–H groups in total. The second-order valence-electron chi connectivity index (χ2n) is 4.06. The first-order valence-corrected chi connectivity index (χ1v) is 5.45. The molecule has 14 heavy (non-hydrogen) atoms. The van der Waals surface area contributed by atoms with Gasteiger partial charge in [0.15, 0.2) is 0 Å². The highest BCUT2D eigenvalue weighted by Crippen LogP contribution is 2.26. The molecule has 1 aliphatic carbocycles. The summed E-state index contributed by atoms with van der Waals surface area (Å²) in [4.78, 5) is 1.82. The Kier molecular flexibility index (Phi) is 2.70. The molecule has 0 aliphatic heterocycles. The van der Waals surface area contributed by atoms with E-state index in [1.165, 1.54) is 37.1 Å². The largest absolute Gasteiger partial charge is 0.311 e. The van der Waals surface area contributed by atoms with E-state index in [-0.39, 0.29) is 0 Å². The van der Waals surface area contributed by atoms with Gasteiger partial charge in [0.25, 0.3) is 0 Å². The van der Waals surface area contributed by atoms with Gasteiger partial charge in [-0.15, -0.1) is 5.10 Å². The number of aromatic nitrogens is 3. The van der Waals surface area contributed by atoms with E-state index in [1.807, 2.05) is 11.8 Å². The van der Waals surface area contributed by atoms with E-state index in [2.05, 4.69) is 22.7 Å². The minimum absolute atomic E-state index is 0.562. The molecule has 1 heterocycles. The Hall–Kier alpha value is -1.06. The van der Waals surface area contributed by atoms with Crippen molar-refractivity contribution in [2.24, 2.45) is 0 Å². The Labute approximate surface area is 84.7 Å². The first-order valence-electron chi connectivity index (χ1n) is 5.45. The average molecular weight is 194 g/mol. The van der Waals surface area contributed by atoms with Crippen molar-refractivity contribution in [1.29, 1.82) is 0 Å². The average Bonchev–Trinajstić information content (AvgIpc) is 2.56. The molecule has 0 fully saturated rings. The number of nitrogens with zero attached hydrogens (tertiary/aromatic N) is 3. The highest BCUT2D eigenvalue weighted by atomic mass is 15.6. The summed E-state index contributed by atoms with van der Waals surface area (Å²) in [5, 5.41) is 8.37. The Morgan fingerprint density at radius 2 is 2.21 bits per heavy atom. The Bertz CT molecular complexity index is 305. The quantitative estimate of drug-likeness (QED) is 0.739. The van der Waals surface area contributed by atoms with Gasteiger partial charge in [0.1, 0.15) is 0 Å². The number of fused-ring (bicyclic) bond motifs is 1. The number of hydrogen-bond acceptors (Lipinski definition) is 3. The normalized spacial score (nSPS) is 22.3. The predicted molar refractivity (Wildman–Crippen MR) is 55.9 cm³/mol. The van der Waals surface area contributed by atoms with E-state index in [1.54, 1.807) is 0 Å². The third-order valence-electron chi connectivity index (χ3n) is 3.02. The van der Waals surface area contributed by atoms with Crippen LogP contribution in [-0.4, -0.2) is 22.2 Å². The maximum Gasteiger partial charge on any atom is 0.0909 e. The van der Waals surface area contributed by atoms with Crippen LogP contribution in [0.1, 0.15) is 49.9 Å². The molecule has 0 amide bonds. The van der Waals surface area contributed by atoms with Gasteiger partial charge in [-0.3, -0.25) is 0 Å². The van der Waals surface area contributed by atoms with Crippen LogP contribution in [-0.2, 0) is 6.42 Å². The van der Waals surface area contributed by atoms with Gasteiger partial charge in [0, 0.05) is 13.0 Å². The van der Waals surface area contributed by atoms with Gasteiger partial charge >= 0.3 is 0 Å². The van der Waals surface area contributed by atoms with E-state index in [4.69, 9.17) is 0 Å². The van der Waals surface area contributed by atoms with Crippen LogP contribution in [0.15, 0.2) is 0 Å². The van der Waals surface area contributed by atoms with Gasteiger partial charge in [0.2, 0.25) is 0 Å². The molecule has 1 unspecified atom stereocenters. The van der Waals surface area contributed by atoms with Gasteiger partial charge in [0.05, 0.1) is 11.4 Å². The van der Waals surface area contributed by atoms with E-state index < -0.39 is 0 Å². The molecule has 0 saturated heterocycles. The van der Waals surface area contributed by atoms with Crippen molar-refractivity contribution in [2.75, 3.05) is 12.5 Å². The molecule has 2 rings (SSSR count). The lowest BCUT2D eigenvalue weighted by atomic mass is 9.93. The molecule has 0 saturated carbocycles. The fourth-order valence-corrected chi connectivity index (χ4v) is 2.17. The zero-order chi connectivity index (χ0) is 9.97. The Balaban J connectivity index is 2.32. The second-order valence-corrected chi connectivity index (χ2v) is 4.06. The smallest absolute Gasteiger partial charge is 0.0909 e. The molecular formula is C10H18N4. The third kappa shape index (κ3) is 1.61. The summed E-state index contributed by atoms with van der Waals surface area (Å²) in [6, 6.07) is 0. The van der Waals surface area contributed by atoms with Crippen LogP contribution < -0.4 is 5.43 Å². The lowest BCUT2D eigenvalue weighted by Crippen LogP contribution is -2.16. The van der Waals surface area contributed by atoms with E-state index in [9.17, 15) is 0 Å². The lowest BCUT2D eigenvalue weighted by molar-refractivity contribution is 0.543. The molecule has 0 spiro atoms. The number of hydrogen-bond donors (Lipinski definition) is 1. The highest BCUT2D eigenvalue weighted by Gasteiger charge is 2.19. The molecule has 4 nitrogen and oxygen atoms in total. The maximum absolute atomic E-state index is 4.26. The van der Waals surface area contributed by atoms with Crippen molar-refractivity contribution < 1.29 is 0 Å². The van der Waals surface area contributed by atoms with E-state index >= 15 is 0 Å². The predicted octanol–water partition coefficient (Wildman–Crippen LogP) is 1.67. The van der Waals surface area contributed by atoms with Gasteiger partial charge in [-0.1, -0.05) is 19.8 Å². The summed E-state index contributed by atoms with van der Waals surface area (Å²) >= 11 is 0. The summed E-state index contributed by atoms with van der Waals surface area (Å²) in [5.41, 5.74) is 5.52. The zero-order valence-electron chi connectivity index (χ0n) is 8.95. The molecule has 1 aromatic rings. The summed E-state index contributed by atoms with van der Waals surface area (Å²) in [6.07, 6.45) is 6.27. The maximum atomic E-state index is 4.26. The van der Waals surface area contributed by atoms with Crippen molar-refractivity contribution in [3.8, 4) is 0 Å². The van der Waals surface area contributed by atoms with Crippen LogP contribution in [0.25, 0.3) is 0 Å². The van der Waals surface area contributed by atoms with Gasteiger partial charge in [-0.25, -0.2) is 0 Å². The van der Waals surface area contributed by atoms with Crippen molar-refractivity contribution in [1.82, 2.24) is 15.1 Å². The van der Waals surface area contributed by atoms with Crippen LogP contribution >= 0.6 is 0 Å². The lowest BCUT2D eigenvalue weighted by Gasteiger charge is -2.15. The Morgan fingerprint density at radius 1 is 1.36 bits per heavy atom. The zero-order valence-corrected chi connectivity index (χ0v) is 8.95. The SMILES string of the molecule is CNn1nnc2c1CCCCCC2C. The monoisotopic (exact) mass is 194 g/mol. The van der Waals surface area contributed by atoms with Crippen molar-refractivity contribution in [3.63, 3.8) is 0 Å². The van der Waals surface area contributed by atoms with Crippen LogP contribution in [0.5, 0.6) is 0 Å². The molecule has 0 radical (unpaired) electrons. The summed E-state index contributed by atoms with van der Waals surface area (Å²) in [7, 11) is 1.89. The molecule has 1 atom stereocenters. The van der Waals surface area contributed by atoms with Gasteiger partial charge in [-0.2, -0.15) is 4.79 Å². The van der Waals surface area contributed by atoms with Gasteiger partial charge < -0.3 is 5.43 Å². The highest BCUT2D eigenvalue weighted by molar-refractivity contribution is 5.16. The molecule has 1 aliphatic rings. The molecule has 4 heteroatoms. The van der Waals surface area contributed by atoms with Crippen molar-refractivity contribution in [2.45, 2.75) is 44.9 Å². The van der Waals surface area contributed by atoms with E-state index in [0.717, 1.165) is 6.42 Å². The molecule has 78 valence electrons. The molecule has 0 aromatic carbocycles. The topological polar surface area (TPSA) is 42.7 Å². The summed E-state index contributed by atoms with van der Waals surface area (Å²) < 4.78 is 0. The standard InChI is InChI=1S/C10H18N4/c1-8-6-4-3-5-7-9-10(8)12-13-14(9)11-2/h8,11H,3-7H2,1-2H3. The number of rotatable bonds is 1. The first kappa shape index (κ1) is 9.49. The summed E-state index contributed by atoms with van der Waals surface area (Å²) in [5.74, 6) is 0.562. The Morgan fingerprint density at radius 3 is 3.00 bits per heavy atom. The van der Waals surface area contributed by atoms with Crippen LogP contribution in [0.2, 0.25) is 0 Å². The minimum Gasteiger partial charge on any atom is -0.311 e. The molecule has 0 bridgehead atoms. The number of nitrogens with one attached hydrogen (secondary N) is 1. The third-order valence-corrected chi connectivity index (χ3v) is 3.02. The van der Waals surface area contributed by atoms with Crippen LogP contribution in [0, 0.1) is 0 Å². The summed E-state index contributed by atoms with van der Waals surface area (Å²) in [6.45, 7) is 2.25. The fourth-order valence-electron chi connectivity index (χ4n) is 2.17. The minimum atomic E-state index is 0.562. The van der Waals surface area contributed by atoms with Crippen molar-refractivity contribution in [3.05, 3.63) is 11.4 Å². The second kappa shape index (κ2) is 3.98. The first-order chi connectivity index (χ1) is 6.83. The van der Waals surface area contributed by atoms with Gasteiger partial charge in [-0.05, 0) is 24.5 Å². The van der Waals surface area contributed by atoms with Crippen molar-refractivity contribution >= 4 is 0 Å². The van der Waals surface area contributed by atoms with Crippen LogP contribution in [0.3, 0.4) is 0 Å². The fraction of sp³-hybridized carbons (Fsp3) is 0.800. The van der Waals surface area contributed by atoms with E-state index in [0.29, 0.717) is 5.92 Å². The van der Waals surface area contributed by atoms with Crippen LogP contribution in [0.4, 0.5) is 0 Å².